The zero-order chi connectivity index (χ0) is 19.3. The van der Waals surface area contributed by atoms with Gasteiger partial charge in [0.15, 0.2) is 0 Å². The summed E-state index contributed by atoms with van der Waals surface area (Å²) in [5.74, 6) is 1.56. The van der Waals surface area contributed by atoms with Crippen LogP contribution in [0.15, 0.2) is 29.2 Å². The number of hydrogen-bond acceptors (Lipinski definition) is 7. The standard InChI is InChI=1S/C17H25N5O3S/c1-12-6-7-14(25-5)15(10-12)26(23,24)19-9-8-18-17-20-13(2)11-16(21-17)22(3)4/h6-7,10-11,19H,8-9H2,1-5H3,(H,18,20,21). The van der Waals surface area contributed by atoms with Gasteiger partial charge >= 0.3 is 0 Å². The molecule has 0 aliphatic rings. The van der Waals surface area contributed by atoms with E-state index in [0.29, 0.717) is 18.2 Å². The van der Waals surface area contributed by atoms with Crippen molar-refractivity contribution in [3.05, 3.63) is 35.5 Å². The lowest BCUT2D eigenvalue weighted by molar-refractivity contribution is 0.402. The van der Waals surface area contributed by atoms with Crippen molar-refractivity contribution in [2.45, 2.75) is 18.7 Å². The number of methoxy groups -OCH3 is 1. The molecule has 142 valence electrons. The van der Waals surface area contributed by atoms with Gasteiger partial charge in [-0.05, 0) is 31.5 Å². The van der Waals surface area contributed by atoms with E-state index in [1.165, 1.54) is 7.11 Å². The number of rotatable bonds is 8. The van der Waals surface area contributed by atoms with E-state index in [1.807, 2.05) is 38.9 Å². The third kappa shape index (κ3) is 5.06. The molecule has 0 saturated carbocycles. The Labute approximate surface area is 154 Å². The Morgan fingerprint density at radius 1 is 1.12 bits per heavy atom. The zero-order valence-corrected chi connectivity index (χ0v) is 16.5. The molecule has 0 saturated heterocycles. The number of ether oxygens (including phenoxy) is 1. The minimum atomic E-state index is -3.67. The second-order valence-electron chi connectivity index (χ2n) is 6.06. The molecule has 2 aromatic rings. The number of aryl methyl sites for hydroxylation is 2. The fourth-order valence-electron chi connectivity index (χ4n) is 2.29. The first-order valence-corrected chi connectivity index (χ1v) is 9.62. The SMILES string of the molecule is COc1ccc(C)cc1S(=O)(=O)NCCNc1nc(C)cc(N(C)C)n1. The summed E-state index contributed by atoms with van der Waals surface area (Å²) < 4.78 is 32.7. The molecule has 0 aliphatic carbocycles. The van der Waals surface area contributed by atoms with Gasteiger partial charge in [0.1, 0.15) is 16.5 Å². The van der Waals surface area contributed by atoms with Crippen molar-refractivity contribution in [2.75, 3.05) is 44.5 Å². The van der Waals surface area contributed by atoms with E-state index in [-0.39, 0.29) is 11.4 Å². The molecular formula is C17H25N5O3S. The summed E-state index contributed by atoms with van der Waals surface area (Å²) in [7, 11) is 1.57. The molecule has 8 nitrogen and oxygen atoms in total. The van der Waals surface area contributed by atoms with Crippen LogP contribution in [0.25, 0.3) is 0 Å². The molecule has 0 bridgehead atoms. The number of anilines is 2. The fourth-order valence-corrected chi connectivity index (χ4v) is 3.58. The van der Waals surface area contributed by atoms with Gasteiger partial charge in [-0.3, -0.25) is 0 Å². The van der Waals surface area contributed by atoms with Gasteiger partial charge in [-0.15, -0.1) is 0 Å². The maximum atomic E-state index is 12.5. The first-order valence-electron chi connectivity index (χ1n) is 8.14. The lowest BCUT2D eigenvalue weighted by atomic mass is 10.2. The first kappa shape index (κ1) is 19.9. The second kappa shape index (κ2) is 8.33. The highest BCUT2D eigenvalue weighted by molar-refractivity contribution is 7.89. The van der Waals surface area contributed by atoms with Gasteiger partial charge < -0.3 is 15.0 Å². The molecule has 0 fully saturated rings. The predicted octanol–water partition coefficient (Wildman–Crippen LogP) is 1.56. The van der Waals surface area contributed by atoms with Crippen molar-refractivity contribution in [1.82, 2.24) is 14.7 Å². The lowest BCUT2D eigenvalue weighted by Crippen LogP contribution is -2.29. The summed E-state index contributed by atoms with van der Waals surface area (Å²) in [4.78, 5) is 10.7. The van der Waals surface area contributed by atoms with Crippen LogP contribution in [0.2, 0.25) is 0 Å². The van der Waals surface area contributed by atoms with Crippen LogP contribution < -0.4 is 19.7 Å². The van der Waals surface area contributed by atoms with E-state index in [2.05, 4.69) is 20.0 Å². The Kier molecular flexibility index (Phi) is 6.38. The summed E-state index contributed by atoms with van der Waals surface area (Å²) in [6, 6.07) is 6.90. The number of sulfonamides is 1. The van der Waals surface area contributed by atoms with Crippen LogP contribution in [-0.4, -0.2) is 52.7 Å². The molecule has 0 spiro atoms. The van der Waals surface area contributed by atoms with E-state index < -0.39 is 10.0 Å². The fraction of sp³-hybridized carbons (Fsp3) is 0.412. The summed E-state index contributed by atoms with van der Waals surface area (Å²) in [6.45, 7) is 4.25. The Morgan fingerprint density at radius 3 is 2.50 bits per heavy atom. The Balaban J connectivity index is 2.01. The van der Waals surface area contributed by atoms with Crippen molar-refractivity contribution in [3.63, 3.8) is 0 Å². The summed E-state index contributed by atoms with van der Waals surface area (Å²) in [5.41, 5.74) is 1.67. The lowest BCUT2D eigenvalue weighted by Gasteiger charge is -2.14. The highest BCUT2D eigenvalue weighted by Crippen LogP contribution is 2.24. The number of benzene rings is 1. The monoisotopic (exact) mass is 379 g/mol. The van der Waals surface area contributed by atoms with Gasteiger partial charge in [-0.25, -0.2) is 18.1 Å². The Hall–Kier alpha value is -2.39. The molecule has 0 atom stereocenters. The third-order valence-electron chi connectivity index (χ3n) is 3.61. The van der Waals surface area contributed by atoms with E-state index in [4.69, 9.17) is 4.74 Å². The van der Waals surface area contributed by atoms with Crippen LogP contribution in [0.4, 0.5) is 11.8 Å². The summed E-state index contributed by atoms with van der Waals surface area (Å²) in [6.07, 6.45) is 0. The van der Waals surface area contributed by atoms with Gasteiger partial charge in [0.2, 0.25) is 16.0 Å². The van der Waals surface area contributed by atoms with Crippen molar-refractivity contribution < 1.29 is 13.2 Å². The molecule has 1 aromatic heterocycles. The van der Waals surface area contributed by atoms with E-state index >= 15 is 0 Å². The van der Waals surface area contributed by atoms with E-state index in [0.717, 1.165) is 17.1 Å². The average molecular weight is 379 g/mol. The molecule has 2 N–H and O–H groups in total. The van der Waals surface area contributed by atoms with Crippen LogP contribution in [0.1, 0.15) is 11.3 Å². The van der Waals surface area contributed by atoms with Crippen LogP contribution in [0, 0.1) is 13.8 Å². The maximum absolute atomic E-state index is 12.5. The van der Waals surface area contributed by atoms with Gasteiger partial charge in [0, 0.05) is 38.9 Å². The molecule has 1 aromatic carbocycles. The van der Waals surface area contributed by atoms with E-state index in [1.54, 1.807) is 18.2 Å². The van der Waals surface area contributed by atoms with Crippen molar-refractivity contribution in [3.8, 4) is 5.75 Å². The average Bonchev–Trinajstić information content (AvgIpc) is 2.58. The van der Waals surface area contributed by atoms with Crippen molar-refractivity contribution >= 4 is 21.8 Å². The molecule has 26 heavy (non-hydrogen) atoms. The predicted molar refractivity (Wildman–Crippen MR) is 103 cm³/mol. The largest absolute Gasteiger partial charge is 0.495 e. The van der Waals surface area contributed by atoms with Crippen LogP contribution in [0.5, 0.6) is 5.75 Å². The summed E-state index contributed by atoms with van der Waals surface area (Å²) >= 11 is 0. The number of nitrogens with zero attached hydrogens (tertiary/aromatic N) is 3. The van der Waals surface area contributed by atoms with Gasteiger partial charge in [-0.2, -0.15) is 4.98 Å². The second-order valence-corrected chi connectivity index (χ2v) is 7.80. The van der Waals surface area contributed by atoms with Crippen molar-refractivity contribution in [1.29, 1.82) is 0 Å². The first-order chi connectivity index (χ1) is 12.2. The van der Waals surface area contributed by atoms with Gasteiger partial charge in [0.25, 0.3) is 0 Å². The summed E-state index contributed by atoms with van der Waals surface area (Å²) in [5, 5.41) is 3.04. The molecule has 9 heteroatoms. The molecule has 0 aliphatic heterocycles. The van der Waals surface area contributed by atoms with Gasteiger partial charge in [0.05, 0.1) is 7.11 Å². The minimum absolute atomic E-state index is 0.127. The number of hydrogen-bond donors (Lipinski definition) is 2. The normalized spacial score (nSPS) is 11.3. The molecule has 2 rings (SSSR count). The topological polar surface area (TPSA) is 96.5 Å². The highest BCUT2D eigenvalue weighted by Gasteiger charge is 2.19. The number of nitrogens with one attached hydrogen (secondary N) is 2. The van der Waals surface area contributed by atoms with Crippen LogP contribution in [0.3, 0.4) is 0 Å². The smallest absolute Gasteiger partial charge is 0.244 e. The number of aromatic nitrogens is 2. The van der Waals surface area contributed by atoms with Crippen LogP contribution in [-0.2, 0) is 10.0 Å². The molecule has 0 radical (unpaired) electrons. The Morgan fingerprint density at radius 2 is 1.85 bits per heavy atom. The van der Waals surface area contributed by atoms with E-state index in [9.17, 15) is 8.42 Å². The highest BCUT2D eigenvalue weighted by atomic mass is 32.2. The van der Waals surface area contributed by atoms with Gasteiger partial charge in [-0.1, -0.05) is 6.07 Å². The molecular weight excluding hydrogens is 354 g/mol. The van der Waals surface area contributed by atoms with Crippen LogP contribution >= 0.6 is 0 Å². The molecule has 1 heterocycles. The minimum Gasteiger partial charge on any atom is -0.495 e. The quantitative estimate of drug-likeness (QED) is 0.672. The zero-order valence-electron chi connectivity index (χ0n) is 15.7. The Bertz CT molecular complexity index is 869. The van der Waals surface area contributed by atoms with Crippen molar-refractivity contribution in [2.24, 2.45) is 0 Å². The maximum Gasteiger partial charge on any atom is 0.244 e. The molecule has 0 unspecified atom stereocenters. The third-order valence-corrected chi connectivity index (χ3v) is 5.09. The molecule has 0 amide bonds.